The van der Waals surface area contributed by atoms with Crippen molar-refractivity contribution in [2.75, 3.05) is 4.90 Å². The van der Waals surface area contributed by atoms with Gasteiger partial charge in [-0.2, -0.15) is 11.3 Å². The summed E-state index contributed by atoms with van der Waals surface area (Å²) in [4.78, 5) is 26.2. The summed E-state index contributed by atoms with van der Waals surface area (Å²) in [5.41, 5.74) is 4.78. The lowest BCUT2D eigenvalue weighted by atomic mass is 10.0. The van der Waals surface area contributed by atoms with Gasteiger partial charge in [-0.15, -0.1) is 11.3 Å². The van der Waals surface area contributed by atoms with Crippen molar-refractivity contribution >= 4 is 44.5 Å². The van der Waals surface area contributed by atoms with Crippen LogP contribution in [0.25, 0.3) is 21.5 Å². The molecule has 2 aromatic carbocycles. The molecule has 1 amide bonds. The highest BCUT2D eigenvalue weighted by atomic mass is 32.1. The summed E-state index contributed by atoms with van der Waals surface area (Å²) in [7, 11) is 0. The van der Waals surface area contributed by atoms with E-state index in [-0.39, 0.29) is 23.0 Å². The number of hydrogen-bond donors (Lipinski definition) is 2. The van der Waals surface area contributed by atoms with Gasteiger partial charge in [-0.05, 0) is 66.1 Å². The Hall–Kier alpha value is -3.75. The monoisotopic (exact) mass is 487 g/mol. The van der Waals surface area contributed by atoms with E-state index in [4.69, 9.17) is 0 Å². The summed E-state index contributed by atoms with van der Waals surface area (Å²) < 4.78 is 0. The SMILES string of the molecule is Cc1sc2ncnc(-c3ccc(N(Cc4ccsc4)C(=O)c4ccc(O)cc4O)cc3)c2c1C. The Kier molecular flexibility index (Phi) is 5.77. The van der Waals surface area contributed by atoms with E-state index >= 15 is 0 Å². The highest BCUT2D eigenvalue weighted by Gasteiger charge is 2.22. The van der Waals surface area contributed by atoms with E-state index in [2.05, 4.69) is 23.8 Å². The van der Waals surface area contributed by atoms with E-state index in [0.29, 0.717) is 12.2 Å². The summed E-state index contributed by atoms with van der Waals surface area (Å²) in [5.74, 6) is -0.716. The molecule has 0 aliphatic carbocycles. The number of hydrogen-bond acceptors (Lipinski definition) is 7. The van der Waals surface area contributed by atoms with E-state index in [0.717, 1.165) is 27.0 Å². The smallest absolute Gasteiger partial charge is 0.262 e. The summed E-state index contributed by atoms with van der Waals surface area (Å²) >= 11 is 3.22. The number of thiophene rings is 2. The topological polar surface area (TPSA) is 86.6 Å². The van der Waals surface area contributed by atoms with Crippen molar-refractivity contribution in [3.8, 4) is 22.8 Å². The number of carbonyl (C=O) groups excluding carboxylic acids is 1. The fourth-order valence-electron chi connectivity index (χ4n) is 3.89. The van der Waals surface area contributed by atoms with Gasteiger partial charge >= 0.3 is 0 Å². The zero-order valence-electron chi connectivity index (χ0n) is 18.5. The van der Waals surface area contributed by atoms with Gasteiger partial charge in [0.15, 0.2) is 0 Å². The number of benzene rings is 2. The molecule has 8 heteroatoms. The van der Waals surface area contributed by atoms with Gasteiger partial charge in [0.1, 0.15) is 22.7 Å². The van der Waals surface area contributed by atoms with Gasteiger partial charge in [-0.3, -0.25) is 4.79 Å². The lowest BCUT2D eigenvalue weighted by molar-refractivity contribution is 0.0982. The molecule has 3 heterocycles. The van der Waals surface area contributed by atoms with E-state index < -0.39 is 0 Å². The average Bonchev–Trinajstić information content (AvgIpc) is 3.45. The highest BCUT2D eigenvalue weighted by molar-refractivity contribution is 7.18. The van der Waals surface area contributed by atoms with Crippen molar-refractivity contribution in [1.29, 1.82) is 0 Å². The van der Waals surface area contributed by atoms with Crippen molar-refractivity contribution in [2.24, 2.45) is 0 Å². The third-order valence-electron chi connectivity index (χ3n) is 5.80. The first-order valence-electron chi connectivity index (χ1n) is 10.6. The average molecular weight is 488 g/mol. The van der Waals surface area contributed by atoms with Gasteiger partial charge in [0, 0.05) is 27.6 Å². The maximum absolute atomic E-state index is 13.4. The molecule has 170 valence electrons. The molecular formula is C26H21N3O3S2. The molecule has 0 spiro atoms. The number of nitrogens with zero attached hydrogens (tertiary/aromatic N) is 3. The van der Waals surface area contributed by atoms with Crippen molar-refractivity contribution in [3.05, 3.63) is 87.2 Å². The van der Waals surface area contributed by atoms with Crippen LogP contribution in [0.2, 0.25) is 0 Å². The first kappa shape index (κ1) is 22.1. The Morgan fingerprint density at radius 2 is 1.82 bits per heavy atom. The molecule has 34 heavy (non-hydrogen) atoms. The third-order valence-corrected chi connectivity index (χ3v) is 7.64. The number of carbonyl (C=O) groups is 1. The zero-order chi connectivity index (χ0) is 23.8. The lowest BCUT2D eigenvalue weighted by Gasteiger charge is -2.23. The van der Waals surface area contributed by atoms with Crippen LogP contribution in [-0.2, 0) is 6.54 Å². The standard InChI is InChI=1S/C26H21N3O3S2/c1-15-16(2)34-25-23(15)24(27-14-28-25)18-3-5-19(6-4-18)29(12-17-9-10-33-13-17)26(32)21-8-7-20(30)11-22(21)31/h3-11,13-14,30-31H,12H2,1-2H3. The quantitative estimate of drug-likeness (QED) is 0.304. The fraction of sp³-hybridized carbons (Fsp3) is 0.115. The fourth-order valence-corrected chi connectivity index (χ4v) is 5.55. The first-order chi connectivity index (χ1) is 16.4. The number of rotatable bonds is 5. The molecule has 5 aromatic rings. The normalized spacial score (nSPS) is 11.1. The summed E-state index contributed by atoms with van der Waals surface area (Å²) in [6.07, 6.45) is 1.58. The van der Waals surface area contributed by atoms with Crippen molar-refractivity contribution in [1.82, 2.24) is 9.97 Å². The molecule has 0 bridgehead atoms. The number of phenols is 2. The first-order valence-corrected chi connectivity index (χ1v) is 12.3. The van der Waals surface area contributed by atoms with E-state index in [1.54, 1.807) is 33.9 Å². The molecule has 0 unspecified atom stereocenters. The molecule has 0 atom stereocenters. The van der Waals surface area contributed by atoms with Gasteiger partial charge in [0.05, 0.1) is 17.8 Å². The van der Waals surface area contributed by atoms with Crippen LogP contribution in [0.5, 0.6) is 11.5 Å². The molecule has 2 N–H and O–H groups in total. The molecule has 0 saturated heterocycles. The van der Waals surface area contributed by atoms with Crippen LogP contribution in [0, 0.1) is 13.8 Å². The van der Waals surface area contributed by atoms with Crippen LogP contribution in [0.15, 0.2) is 65.6 Å². The second kappa shape index (κ2) is 8.89. The van der Waals surface area contributed by atoms with E-state index in [9.17, 15) is 15.0 Å². The van der Waals surface area contributed by atoms with E-state index in [1.807, 2.05) is 41.1 Å². The maximum Gasteiger partial charge on any atom is 0.262 e. The van der Waals surface area contributed by atoms with Gasteiger partial charge in [0.2, 0.25) is 0 Å². The predicted octanol–water partition coefficient (Wildman–Crippen LogP) is 6.29. The number of aromatic nitrogens is 2. The van der Waals surface area contributed by atoms with Crippen LogP contribution in [0.1, 0.15) is 26.4 Å². The van der Waals surface area contributed by atoms with Crippen LogP contribution in [0.4, 0.5) is 5.69 Å². The van der Waals surface area contributed by atoms with Crippen LogP contribution < -0.4 is 4.90 Å². The molecule has 6 nitrogen and oxygen atoms in total. The molecule has 3 aromatic heterocycles. The molecule has 0 saturated carbocycles. The molecule has 0 radical (unpaired) electrons. The van der Waals surface area contributed by atoms with Gasteiger partial charge in [-0.1, -0.05) is 12.1 Å². The van der Waals surface area contributed by atoms with Crippen LogP contribution in [0.3, 0.4) is 0 Å². The van der Waals surface area contributed by atoms with Crippen molar-refractivity contribution < 1.29 is 15.0 Å². The molecule has 0 aliphatic rings. The largest absolute Gasteiger partial charge is 0.508 e. The van der Waals surface area contributed by atoms with Crippen LogP contribution in [-0.4, -0.2) is 26.1 Å². The van der Waals surface area contributed by atoms with Crippen molar-refractivity contribution in [3.63, 3.8) is 0 Å². The van der Waals surface area contributed by atoms with Gasteiger partial charge in [-0.25, -0.2) is 9.97 Å². The minimum atomic E-state index is -0.356. The summed E-state index contributed by atoms with van der Waals surface area (Å²) in [6.45, 7) is 4.52. The molecule has 5 rings (SSSR count). The second-order valence-corrected chi connectivity index (χ2v) is 9.94. The highest BCUT2D eigenvalue weighted by Crippen LogP contribution is 2.36. The zero-order valence-corrected chi connectivity index (χ0v) is 20.2. The predicted molar refractivity (Wildman–Crippen MR) is 137 cm³/mol. The molecule has 0 fully saturated rings. The number of fused-ring (bicyclic) bond motifs is 1. The third kappa shape index (κ3) is 4.02. The number of aryl methyl sites for hydroxylation is 2. The van der Waals surface area contributed by atoms with Gasteiger partial charge < -0.3 is 15.1 Å². The van der Waals surface area contributed by atoms with Crippen molar-refractivity contribution in [2.45, 2.75) is 20.4 Å². The van der Waals surface area contributed by atoms with E-state index in [1.165, 1.54) is 28.6 Å². The Balaban J connectivity index is 1.54. The number of phenolic OH excluding ortho intramolecular Hbond substituents is 2. The second-order valence-electron chi connectivity index (χ2n) is 7.96. The van der Waals surface area contributed by atoms with Gasteiger partial charge in [0.25, 0.3) is 5.91 Å². The summed E-state index contributed by atoms with van der Waals surface area (Å²) in [6, 6.07) is 13.6. The summed E-state index contributed by atoms with van der Waals surface area (Å²) in [5, 5.41) is 24.9. The Morgan fingerprint density at radius 3 is 2.53 bits per heavy atom. The Labute approximate surface area is 204 Å². The maximum atomic E-state index is 13.4. The minimum absolute atomic E-state index is 0.0992. The minimum Gasteiger partial charge on any atom is -0.508 e. The molecular weight excluding hydrogens is 466 g/mol. The Bertz CT molecular complexity index is 1490. The number of aromatic hydroxyl groups is 2. The lowest BCUT2D eigenvalue weighted by Crippen LogP contribution is -2.30. The van der Waals surface area contributed by atoms with Crippen LogP contribution >= 0.6 is 22.7 Å². The molecule has 0 aliphatic heterocycles. The number of anilines is 1. The Morgan fingerprint density at radius 1 is 1.03 bits per heavy atom. The number of amides is 1.